The van der Waals surface area contributed by atoms with E-state index in [1.54, 1.807) is 18.2 Å². The van der Waals surface area contributed by atoms with Gasteiger partial charge in [-0.2, -0.15) is 0 Å². The lowest BCUT2D eigenvalue weighted by Gasteiger charge is -2.51. The van der Waals surface area contributed by atoms with Crippen molar-refractivity contribution in [2.75, 3.05) is 33.0 Å². The highest BCUT2D eigenvalue weighted by atomic mass is 19.3. The van der Waals surface area contributed by atoms with Crippen molar-refractivity contribution in [1.29, 1.82) is 0 Å². The fraction of sp³-hybridized carbons (Fsp3) is 0.793. The van der Waals surface area contributed by atoms with E-state index in [1.807, 2.05) is 6.92 Å². The van der Waals surface area contributed by atoms with Crippen molar-refractivity contribution in [2.24, 2.45) is 0 Å². The molecule has 8 heteroatoms. The summed E-state index contributed by atoms with van der Waals surface area (Å²) < 4.78 is 57.1. The zero-order valence-electron chi connectivity index (χ0n) is 23.4. The highest BCUT2D eigenvalue weighted by Crippen LogP contribution is 2.49. The van der Waals surface area contributed by atoms with Gasteiger partial charge in [-0.15, -0.1) is 0 Å². The molecule has 1 aliphatic heterocycles. The van der Waals surface area contributed by atoms with Gasteiger partial charge < -0.3 is 24.1 Å². The van der Waals surface area contributed by atoms with Crippen LogP contribution in [0.1, 0.15) is 84.6 Å². The third-order valence-corrected chi connectivity index (χ3v) is 7.15. The van der Waals surface area contributed by atoms with Crippen LogP contribution in [0.25, 0.3) is 0 Å². The quantitative estimate of drug-likeness (QED) is 0.175. The number of aliphatic hydroxyl groups is 1. The van der Waals surface area contributed by atoms with Crippen LogP contribution in [-0.2, 0) is 24.9 Å². The lowest BCUT2D eigenvalue weighted by Crippen LogP contribution is -2.69. The highest BCUT2D eigenvalue weighted by Gasteiger charge is 2.62. The smallest absolute Gasteiger partial charge is 0.272 e. The zero-order chi connectivity index (χ0) is 27.2. The summed E-state index contributed by atoms with van der Waals surface area (Å²) in [5.41, 5.74) is -1.72. The van der Waals surface area contributed by atoms with Crippen molar-refractivity contribution >= 4 is 7.28 Å². The summed E-state index contributed by atoms with van der Waals surface area (Å²) in [5, 5.41) is 12.0. The Labute approximate surface area is 223 Å². The van der Waals surface area contributed by atoms with Crippen LogP contribution in [0.4, 0.5) is 8.78 Å². The molecule has 1 N–H and O–H groups in total. The monoisotopic (exact) mass is 526 g/mol. The lowest BCUT2D eigenvalue weighted by molar-refractivity contribution is -0.218. The molecular formula is C29H49BF2O5. The van der Waals surface area contributed by atoms with Crippen molar-refractivity contribution < 1.29 is 32.8 Å². The molecule has 0 amide bonds. The first-order valence-electron chi connectivity index (χ1n) is 14.4. The second kappa shape index (κ2) is 16.8. The van der Waals surface area contributed by atoms with Gasteiger partial charge >= 0.3 is 0 Å². The summed E-state index contributed by atoms with van der Waals surface area (Å²) in [6.45, 7) is 9.74. The predicted molar refractivity (Wildman–Crippen MR) is 146 cm³/mol. The van der Waals surface area contributed by atoms with Gasteiger partial charge in [0.2, 0.25) is 0 Å². The van der Waals surface area contributed by atoms with Crippen LogP contribution in [-0.4, -0.2) is 69.2 Å². The number of hydrogen-bond acceptors (Lipinski definition) is 5. The third kappa shape index (κ3) is 9.28. The molecule has 1 aromatic carbocycles. The van der Waals surface area contributed by atoms with E-state index in [0.717, 1.165) is 51.4 Å². The van der Waals surface area contributed by atoms with Gasteiger partial charge in [-0.3, -0.25) is 0 Å². The topological polar surface area (TPSA) is 57.2 Å². The lowest BCUT2D eigenvalue weighted by atomic mass is 9.42. The number of rotatable bonds is 19. The molecule has 1 aliphatic rings. The molecule has 1 heterocycles. The molecule has 0 saturated carbocycles. The molecule has 37 heavy (non-hydrogen) atoms. The molecular weight excluding hydrogens is 477 g/mol. The minimum atomic E-state index is -3.24. The molecule has 0 bridgehead atoms. The first-order valence-corrected chi connectivity index (χ1v) is 14.4. The summed E-state index contributed by atoms with van der Waals surface area (Å²) >= 11 is 0. The average molecular weight is 527 g/mol. The van der Waals surface area contributed by atoms with E-state index in [2.05, 4.69) is 20.8 Å². The number of halogens is 2. The SMILES string of the molecule is CCCCOCC1(O)B[C@@H](C(F)(F)c2ccccc2)[C@H](OCCCC)[C@@H](OCCCC)[C@@H]1OCCCC. The Bertz CT molecular complexity index is 726. The van der Waals surface area contributed by atoms with Gasteiger partial charge in [0.15, 0.2) is 7.28 Å². The minimum Gasteiger partial charge on any atom is -0.394 e. The van der Waals surface area contributed by atoms with Gasteiger partial charge in [0.25, 0.3) is 5.92 Å². The maximum atomic E-state index is 16.3. The first kappa shape index (κ1) is 32.2. The normalized spacial score (nSPS) is 26.2. The highest BCUT2D eigenvalue weighted by molar-refractivity contribution is 6.43. The van der Waals surface area contributed by atoms with E-state index in [0.29, 0.717) is 26.4 Å². The maximum Gasteiger partial charge on any atom is 0.272 e. The van der Waals surface area contributed by atoms with Crippen LogP contribution in [0.15, 0.2) is 30.3 Å². The molecule has 1 aromatic rings. The van der Waals surface area contributed by atoms with Gasteiger partial charge in [-0.25, -0.2) is 8.78 Å². The van der Waals surface area contributed by atoms with Crippen LogP contribution in [0, 0.1) is 0 Å². The van der Waals surface area contributed by atoms with Crippen LogP contribution in [0.5, 0.6) is 0 Å². The number of hydrogen-bond donors (Lipinski definition) is 1. The molecule has 212 valence electrons. The van der Waals surface area contributed by atoms with Crippen molar-refractivity contribution in [2.45, 2.75) is 115 Å². The van der Waals surface area contributed by atoms with Crippen LogP contribution in [0.3, 0.4) is 0 Å². The van der Waals surface area contributed by atoms with Gasteiger partial charge in [0, 0.05) is 37.8 Å². The minimum absolute atomic E-state index is 0.0829. The van der Waals surface area contributed by atoms with Gasteiger partial charge in [-0.1, -0.05) is 83.7 Å². The standard InChI is InChI=1S/C29H49BF2O5/c1-5-9-18-34-22-28(33)27(37-21-12-8-4)25(36-20-11-7-3)24(35-19-10-6-2)26(30-28)29(31,32)23-16-14-13-15-17-23/h13-17,24-27,30,33H,5-12,18-22H2,1-4H3/t24-,25-,26-,27+,28?/m1/s1. The Morgan fingerprint density at radius 3 is 1.86 bits per heavy atom. The number of alkyl halides is 2. The largest absolute Gasteiger partial charge is 0.394 e. The number of unbranched alkanes of at least 4 members (excludes halogenated alkanes) is 4. The Kier molecular flexibility index (Phi) is 14.6. The Morgan fingerprint density at radius 2 is 1.30 bits per heavy atom. The van der Waals surface area contributed by atoms with E-state index in [9.17, 15) is 5.11 Å². The predicted octanol–water partition coefficient (Wildman–Crippen LogP) is 6.08. The molecule has 2 rings (SSSR count). The maximum absolute atomic E-state index is 16.3. The van der Waals surface area contributed by atoms with Crippen molar-refractivity contribution in [3.05, 3.63) is 35.9 Å². The van der Waals surface area contributed by atoms with E-state index >= 15 is 8.78 Å². The molecule has 1 saturated heterocycles. The second-order valence-corrected chi connectivity index (χ2v) is 10.3. The fourth-order valence-electron chi connectivity index (χ4n) is 4.89. The molecule has 0 radical (unpaired) electrons. The number of benzene rings is 1. The van der Waals surface area contributed by atoms with Gasteiger partial charge in [0.1, 0.15) is 12.2 Å². The molecule has 1 unspecified atom stereocenters. The van der Waals surface area contributed by atoms with Crippen molar-refractivity contribution in [3.8, 4) is 0 Å². The molecule has 5 nitrogen and oxygen atoms in total. The van der Waals surface area contributed by atoms with E-state index in [1.165, 1.54) is 12.1 Å². The Hall–Kier alpha value is -1.06. The average Bonchev–Trinajstić information content (AvgIpc) is 2.90. The van der Waals surface area contributed by atoms with E-state index in [-0.39, 0.29) is 19.4 Å². The number of ether oxygens (including phenoxy) is 4. The van der Waals surface area contributed by atoms with Gasteiger partial charge in [-0.05, 0) is 25.7 Å². The molecule has 0 spiro atoms. The molecule has 0 aromatic heterocycles. The summed E-state index contributed by atoms with van der Waals surface area (Å²) in [7, 11) is -0.206. The summed E-state index contributed by atoms with van der Waals surface area (Å²) in [6.07, 6.45) is 4.24. The summed E-state index contributed by atoms with van der Waals surface area (Å²) in [5.74, 6) is -4.54. The Balaban J connectivity index is 2.51. The van der Waals surface area contributed by atoms with E-state index in [4.69, 9.17) is 18.9 Å². The summed E-state index contributed by atoms with van der Waals surface area (Å²) in [6, 6.07) is 7.84. The van der Waals surface area contributed by atoms with Gasteiger partial charge in [0.05, 0.1) is 18.2 Å². The van der Waals surface area contributed by atoms with Crippen LogP contribution < -0.4 is 0 Å². The first-order chi connectivity index (χ1) is 17.9. The Morgan fingerprint density at radius 1 is 0.784 bits per heavy atom. The third-order valence-electron chi connectivity index (χ3n) is 7.15. The second-order valence-electron chi connectivity index (χ2n) is 10.3. The molecule has 1 fully saturated rings. The van der Waals surface area contributed by atoms with Crippen molar-refractivity contribution in [3.63, 3.8) is 0 Å². The molecule has 0 aliphatic carbocycles. The zero-order valence-corrected chi connectivity index (χ0v) is 23.4. The molecule has 5 atom stereocenters. The van der Waals surface area contributed by atoms with Crippen molar-refractivity contribution in [1.82, 2.24) is 0 Å². The van der Waals surface area contributed by atoms with Crippen LogP contribution in [0.2, 0.25) is 5.82 Å². The van der Waals surface area contributed by atoms with E-state index < -0.39 is 35.6 Å². The summed E-state index contributed by atoms with van der Waals surface area (Å²) in [4.78, 5) is 0. The van der Waals surface area contributed by atoms with Crippen LogP contribution >= 0.6 is 0 Å². The fourth-order valence-corrected chi connectivity index (χ4v) is 4.89.